The third-order valence-electron chi connectivity index (χ3n) is 3.42. The van der Waals surface area contributed by atoms with Crippen LogP contribution in [0.5, 0.6) is 0 Å². The van der Waals surface area contributed by atoms with Gasteiger partial charge in [0.05, 0.1) is 5.69 Å². The van der Waals surface area contributed by atoms with Crippen molar-refractivity contribution in [2.75, 3.05) is 11.4 Å². The van der Waals surface area contributed by atoms with E-state index in [1.165, 1.54) is 34.4 Å². The second-order valence-corrected chi connectivity index (χ2v) is 5.93. The van der Waals surface area contributed by atoms with Crippen molar-refractivity contribution < 1.29 is 9.18 Å². The van der Waals surface area contributed by atoms with Gasteiger partial charge < -0.3 is 0 Å². The molecule has 0 atom stereocenters. The minimum atomic E-state index is -0.441. The fraction of sp³-hybridized carbons (Fsp3) is 0.0526. The molecule has 3 aromatic rings. The summed E-state index contributed by atoms with van der Waals surface area (Å²) < 4.78 is 13.4. The van der Waals surface area contributed by atoms with E-state index in [0.29, 0.717) is 11.7 Å². The first-order chi connectivity index (χ1) is 11.7. The highest BCUT2D eigenvalue weighted by Gasteiger charge is 2.20. The molecule has 24 heavy (non-hydrogen) atoms. The molecule has 1 heterocycles. The zero-order chi connectivity index (χ0) is 16.9. The van der Waals surface area contributed by atoms with Crippen LogP contribution in [0, 0.1) is 5.82 Å². The number of thiazole rings is 1. The molecule has 0 aliphatic carbocycles. The third-order valence-corrected chi connectivity index (χ3v) is 4.28. The van der Waals surface area contributed by atoms with Gasteiger partial charge in [-0.15, -0.1) is 17.9 Å². The van der Waals surface area contributed by atoms with E-state index >= 15 is 0 Å². The Balaban J connectivity index is 1.93. The first-order valence-corrected chi connectivity index (χ1v) is 8.26. The van der Waals surface area contributed by atoms with Gasteiger partial charge in [-0.1, -0.05) is 42.5 Å². The topological polar surface area (TPSA) is 33.2 Å². The molecule has 5 heteroatoms. The van der Waals surface area contributed by atoms with Gasteiger partial charge in [0.15, 0.2) is 5.13 Å². The first kappa shape index (κ1) is 16.1. The maximum absolute atomic E-state index is 13.4. The van der Waals surface area contributed by atoms with Crippen LogP contribution in [0.15, 0.2) is 72.6 Å². The summed E-state index contributed by atoms with van der Waals surface area (Å²) in [5.74, 6) is -0.744. The maximum atomic E-state index is 13.4. The van der Waals surface area contributed by atoms with E-state index in [1.807, 2.05) is 35.7 Å². The molecular weight excluding hydrogens is 323 g/mol. The Hall–Kier alpha value is -2.79. The predicted octanol–water partition coefficient (Wildman–Crippen LogP) is 4.78. The van der Waals surface area contributed by atoms with E-state index in [9.17, 15) is 9.18 Å². The first-order valence-electron chi connectivity index (χ1n) is 7.38. The average Bonchev–Trinajstić information content (AvgIpc) is 3.09. The molecule has 0 aliphatic heterocycles. The summed E-state index contributed by atoms with van der Waals surface area (Å²) in [6.07, 6.45) is 1.63. The number of carbonyl (C=O) groups is 1. The summed E-state index contributed by atoms with van der Waals surface area (Å²) in [6, 6.07) is 15.4. The van der Waals surface area contributed by atoms with Crippen molar-refractivity contribution in [2.45, 2.75) is 0 Å². The van der Waals surface area contributed by atoms with Crippen LogP contribution < -0.4 is 4.90 Å². The molecule has 3 nitrogen and oxygen atoms in total. The molecule has 0 spiro atoms. The second-order valence-electron chi connectivity index (χ2n) is 5.10. The Morgan fingerprint density at radius 3 is 2.71 bits per heavy atom. The van der Waals surface area contributed by atoms with Crippen molar-refractivity contribution in [3.63, 3.8) is 0 Å². The smallest absolute Gasteiger partial charge is 0.260 e. The van der Waals surface area contributed by atoms with Crippen LogP contribution in [0.25, 0.3) is 11.3 Å². The number of anilines is 1. The molecule has 0 saturated carbocycles. The quantitative estimate of drug-likeness (QED) is 0.627. The molecular formula is C19H15FN2OS. The van der Waals surface area contributed by atoms with E-state index in [4.69, 9.17) is 0 Å². The zero-order valence-electron chi connectivity index (χ0n) is 12.9. The lowest BCUT2D eigenvalue weighted by Crippen LogP contribution is -2.31. The number of hydrogen-bond donors (Lipinski definition) is 0. The van der Waals surface area contributed by atoms with Crippen LogP contribution in [0.1, 0.15) is 10.4 Å². The molecule has 0 radical (unpaired) electrons. The minimum absolute atomic E-state index is 0.285. The van der Waals surface area contributed by atoms with Gasteiger partial charge in [0.2, 0.25) is 0 Å². The van der Waals surface area contributed by atoms with Crippen molar-refractivity contribution in [3.8, 4) is 11.3 Å². The fourth-order valence-corrected chi connectivity index (χ4v) is 3.13. The normalized spacial score (nSPS) is 10.4. The third kappa shape index (κ3) is 3.41. The maximum Gasteiger partial charge on any atom is 0.260 e. The zero-order valence-corrected chi connectivity index (χ0v) is 13.7. The van der Waals surface area contributed by atoms with Gasteiger partial charge in [0, 0.05) is 23.1 Å². The SMILES string of the molecule is C=CCN(C(=O)c1cccc(F)c1)c1nc(-c2ccccc2)cs1. The Bertz CT molecular complexity index is 861. The highest BCUT2D eigenvalue weighted by Crippen LogP contribution is 2.28. The van der Waals surface area contributed by atoms with Crippen molar-refractivity contribution >= 4 is 22.4 Å². The summed E-state index contributed by atoms with van der Waals surface area (Å²) in [7, 11) is 0. The standard InChI is InChI=1S/C19H15FN2OS/c1-2-11-22(18(23)15-9-6-10-16(20)12-15)19-21-17(13-24-19)14-7-4-3-5-8-14/h2-10,12-13H,1,11H2. The summed E-state index contributed by atoms with van der Waals surface area (Å²) >= 11 is 1.37. The molecule has 0 fully saturated rings. The number of rotatable bonds is 5. The monoisotopic (exact) mass is 338 g/mol. The molecule has 120 valence electrons. The van der Waals surface area contributed by atoms with Crippen LogP contribution in [-0.2, 0) is 0 Å². The molecule has 1 amide bonds. The number of halogens is 1. The Kier molecular flexibility index (Phi) is 4.82. The number of aromatic nitrogens is 1. The van der Waals surface area contributed by atoms with Gasteiger partial charge >= 0.3 is 0 Å². The van der Waals surface area contributed by atoms with E-state index in [2.05, 4.69) is 11.6 Å². The van der Waals surface area contributed by atoms with Gasteiger partial charge in [-0.2, -0.15) is 0 Å². The van der Waals surface area contributed by atoms with Crippen LogP contribution in [-0.4, -0.2) is 17.4 Å². The molecule has 0 aliphatic rings. The molecule has 0 saturated heterocycles. The fourth-order valence-electron chi connectivity index (χ4n) is 2.28. The summed E-state index contributed by atoms with van der Waals surface area (Å²) in [5.41, 5.74) is 2.07. The molecule has 0 unspecified atom stereocenters. The van der Waals surface area contributed by atoms with E-state index in [1.54, 1.807) is 12.1 Å². The highest BCUT2D eigenvalue weighted by molar-refractivity contribution is 7.14. The van der Waals surface area contributed by atoms with Crippen molar-refractivity contribution in [3.05, 3.63) is 84.0 Å². The van der Waals surface area contributed by atoms with Gasteiger partial charge in [0.25, 0.3) is 5.91 Å². The summed E-state index contributed by atoms with van der Waals surface area (Å²) in [6.45, 7) is 4.00. The summed E-state index contributed by atoms with van der Waals surface area (Å²) in [4.78, 5) is 18.8. The number of benzene rings is 2. The van der Waals surface area contributed by atoms with Crippen LogP contribution in [0.3, 0.4) is 0 Å². The molecule has 0 N–H and O–H groups in total. The van der Waals surface area contributed by atoms with E-state index in [0.717, 1.165) is 11.3 Å². The molecule has 0 bridgehead atoms. The van der Waals surface area contributed by atoms with E-state index in [-0.39, 0.29) is 11.5 Å². The Labute approximate surface area is 143 Å². The lowest BCUT2D eigenvalue weighted by molar-refractivity contribution is 0.0989. The number of hydrogen-bond acceptors (Lipinski definition) is 3. The van der Waals surface area contributed by atoms with Crippen molar-refractivity contribution in [2.24, 2.45) is 0 Å². The lowest BCUT2D eigenvalue weighted by Gasteiger charge is -2.18. The largest absolute Gasteiger partial charge is 0.280 e. The van der Waals surface area contributed by atoms with Gasteiger partial charge in [-0.3, -0.25) is 9.69 Å². The van der Waals surface area contributed by atoms with Crippen molar-refractivity contribution in [1.29, 1.82) is 0 Å². The van der Waals surface area contributed by atoms with Gasteiger partial charge in [-0.05, 0) is 18.2 Å². The number of carbonyl (C=O) groups excluding carboxylic acids is 1. The lowest BCUT2D eigenvalue weighted by atomic mass is 10.2. The van der Waals surface area contributed by atoms with Gasteiger partial charge in [0.1, 0.15) is 5.82 Å². The number of amides is 1. The van der Waals surface area contributed by atoms with Gasteiger partial charge in [-0.25, -0.2) is 9.37 Å². The number of nitrogens with zero attached hydrogens (tertiary/aromatic N) is 2. The molecule has 1 aromatic heterocycles. The van der Waals surface area contributed by atoms with E-state index < -0.39 is 5.82 Å². The molecule has 3 rings (SSSR count). The van der Waals surface area contributed by atoms with Crippen molar-refractivity contribution in [1.82, 2.24) is 4.98 Å². The predicted molar refractivity (Wildman–Crippen MR) is 95.8 cm³/mol. The highest BCUT2D eigenvalue weighted by atomic mass is 32.1. The average molecular weight is 338 g/mol. The second kappa shape index (κ2) is 7.19. The Morgan fingerprint density at radius 1 is 1.21 bits per heavy atom. The molecule has 2 aromatic carbocycles. The summed E-state index contributed by atoms with van der Waals surface area (Å²) in [5, 5.41) is 2.46. The van der Waals surface area contributed by atoms with Crippen LogP contribution in [0.2, 0.25) is 0 Å². The van der Waals surface area contributed by atoms with Crippen LogP contribution in [0.4, 0.5) is 9.52 Å². The Morgan fingerprint density at radius 2 is 2.00 bits per heavy atom. The minimum Gasteiger partial charge on any atom is -0.280 e. The van der Waals surface area contributed by atoms with Crippen LogP contribution >= 0.6 is 11.3 Å².